The minimum absolute atomic E-state index is 0.188. The Morgan fingerprint density at radius 2 is 2.15 bits per heavy atom. The molecule has 78 valence electrons. The second kappa shape index (κ2) is 4.94. The number of hydrogen-bond acceptors (Lipinski definition) is 3. The minimum Gasteiger partial charge on any atom is -0.387 e. The van der Waals surface area contributed by atoms with E-state index in [1.807, 2.05) is 13.8 Å². The molecule has 1 fully saturated rings. The molecule has 0 aromatic heterocycles. The van der Waals surface area contributed by atoms with Gasteiger partial charge in [-0.05, 0) is 26.7 Å². The third kappa shape index (κ3) is 4.07. The highest BCUT2D eigenvalue weighted by Gasteiger charge is 2.28. The van der Waals surface area contributed by atoms with Crippen molar-refractivity contribution in [2.45, 2.75) is 44.8 Å². The maximum Gasteiger partial charge on any atom is 0.0903 e. The van der Waals surface area contributed by atoms with Gasteiger partial charge in [0.05, 0.1) is 18.3 Å². The van der Waals surface area contributed by atoms with Gasteiger partial charge in [0.1, 0.15) is 0 Å². The first kappa shape index (κ1) is 11.0. The van der Waals surface area contributed by atoms with Crippen LogP contribution in [-0.2, 0) is 9.47 Å². The van der Waals surface area contributed by atoms with Crippen molar-refractivity contribution in [3.63, 3.8) is 0 Å². The molecule has 1 aliphatic heterocycles. The SMILES string of the molecule is CC(C)OCC1(O)CCCOCC1. The van der Waals surface area contributed by atoms with E-state index in [1.54, 1.807) is 0 Å². The van der Waals surface area contributed by atoms with Crippen molar-refractivity contribution in [1.82, 2.24) is 0 Å². The molecule has 1 N–H and O–H groups in total. The van der Waals surface area contributed by atoms with Crippen molar-refractivity contribution >= 4 is 0 Å². The molecule has 0 amide bonds. The number of rotatable bonds is 3. The summed E-state index contributed by atoms with van der Waals surface area (Å²) in [5, 5.41) is 10.1. The topological polar surface area (TPSA) is 38.7 Å². The molecule has 1 saturated heterocycles. The van der Waals surface area contributed by atoms with Crippen LogP contribution in [0.4, 0.5) is 0 Å². The van der Waals surface area contributed by atoms with Gasteiger partial charge in [-0.15, -0.1) is 0 Å². The normalized spacial score (nSPS) is 30.5. The van der Waals surface area contributed by atoms with E-state index in [0.29, 0.717) is 19.6 Å². The molecule has 0 spiro atoms. The molecule has 0 radical (unpaired) electrons. The van der Waals surface area contributed by atoms with Crippen molar-refractivity contribution in [1.29, 1.82) is 0 Å². The summed E-state index contributed by atoms with van der Waals surface area (Å²) in [6.45, 7) is 5.82. The first-order valence-corrected chi connectivity index (χ1v) is 5.04. The molecule has 0 saturated carbocycles. The molecule has 0 aromatic rings. The third-order valence-electron chi connectivity index (χ3n) is 2.33. The number of hydrogen-bond donors (Lipinski definition) is 1. The Bertz CT molecular complexity index is 137. The molecular formula is C10H20O3. The van der Waals surface area contributed by atoms with E-state index >= 15 is 0 Å². The van der Waals surface area contributed by atoms with Crippen molar-refractivity contribution in [2.75, 3.05) is 19.8 Å². The molecule has 3 heteroatoms. The van der Waals surface area contributed by atoms with E-state index in [0.717, 1.165) is 19.4 Å². The molecule has 0 aromatic carbocycles. The highest BCUT2D eigenvalue weighted by Crippen LogP contribution is 2.21. The predicted molar refractivity (Wildman–Crippen MR) is 50.7 cm³/mol. The zero-order valence-electron chi connectivity index (χ0n) is 8.58. The quantitative estimate of drug-likeness (QED) is 0.726. The number of aliphatic hydroxyl groups is 1. The molecule has 0 aliphatic carbocycles. The van der Waals surface area contributed by atoms with Crippen LogP contribution < -0.4 is 0 Å². The van der Waals surface area contributed by atoms with Gasteiger partial charge in [-0.25, -0.2) is 0 Å². The lowest BCUT2D eigenvalue weighted by Crippen LogP contribution is -2.35. The lowest BCUT2D eigenvalue weighted by molar-refractivity contribution is -0.0740. The Morgan fingerprint density at radius 1 is 1.38 bits per heavy atom. The van der Waals surface area contributed by atoms with Crippen LogP contribution in [0.15, 0.2) is 0 Å². The van der Waals surface area contributed by atoms with Gasteiger partial charge in [0.15, 0.2) is 0 Å². The van der Waals surface area contributed by atoms with Crippen molar-refractivity contribution in [3.8, 4) is 0 Å². The fourth-order valence-corrected chi connectivity index (χ4v) is 1.46. The maximum atomic E-state index is 10.1. The smallest absolute Gasteiger partial charge is 0.0903 e. The van der Waals surface area contributed by atoms with Crippen LogP contribution in [-0.4, -0.2) is 36.6 Å². The average Bonchev–Trinajstić information content (AvgIpc) is 2.28. The van der Waals surface area contributed by atoms with Gasteiger partial charge in [-0.3, -0.25) is 0 Å². The van der Waals surface area contributed by atoms with Crippen LogP contribution in [0.25, 0.3) is 0 Å². The Hall–Kier alpha value is -0.120. The van der Waals surface area contributed by atoms with Crippen molar-refractivity contribution in [2.24, 2.45) is 0 Å². The molecule has 1 rings (SSSR count). The van der Waals surface area contributed by atoms with E-state index in [2.05, 4.69) is 0 Å². The summed E-state index contributed by atoms with van der Waals surface area (Å²) in [7, 11) is 0. The van der Waals surface area contributed by atoms with Gasteiger partial charge in [0, 0.05) is 19.6 Å². The molecule has 0 bridgehead atoms. The van der Waals surface area contributed by atoms with Gasteiger partial charge < -0.3 is 14.6 Å². The largest absolute Gasteiger partial charge is 0.387 e. The van der Waals surface area contributed by atoms with Gasteiger partial charge in [-0.1, -0.05) is 0 Å². The fraction of sp³-hybridized carbons (Fsp3) is 1.00. The summed E-state index contributed by atoms with van der Waals surface area (Å²) in [5.41, 5.74) is -0.652. The van der Waals surface area contributed by atoms with Gasteiger partial charge in [0.2, 0.25) is 0 Å². The summed E-state index contributed by atoms with van der Waals surface area (Å²) < 4.78 is 10.7. The second-order valence-corrected chi connectivity index (χ2v) is 4.05. The van der Waals surface area contributed by atoms with Crippen LogP contribution in [0, 0.1) is 0 Å². The Labute approximate surface area is 80.0 Å². The van der Waals surface area contributed by atoms with E-state index in [1.165, 1.54) is 0 Å². The Morgan fingerprint density at radius 3 is 2.85 bits per heavy atom. The van der Waals surface area contributed by atoms with Crippen LogP contribution >= 0.6 is 0 Å². The zero-order chi connectivity index (χ0) is 9.73. The summed E-state index contributed by atoms with van der Waals surface area (Å²) in [6.07, 6.45) is 2.60. The lowest BCUT2D eigenvalue weighted by Gasteiger charge is -2.26. The first-order valence-electron chi connectivity index (χ1n) is 5.04. The summed E-state index contributed by atoms with van der Waals surface area (Å²) in [4.78, 5) is 0. The van der Waals surface area contributed by atoms with Gasteiger partial charge in [-0.2, -0.15) is 0 Å². The average molecular weight is 188 g/mol. The van der Waals surface area contributed by atoms with Gasteiger partial charge in [0.25, 0.3) is 0 Å². The van der Waals surface area contributed by atoms with Crippen LogP contribution in [0.5, 0.6) is 0 Å². The molecule has 3 nitrogen and oxygen atoms in total. The summed E-state index contributed by atoms with van der Waals surface area (Å²) in [5.74, 6) is 0. The zero-order valence-corrected chi connectivity index (χ0v) is 8.58. The molecule has 1 heterocycles. The van der Waals surface area contributed by atoms with E-state index in [4.69, 9.17) is 9.47 Å². The third-order valence-corrected chi connectivity index (χ3v) is 2.33. The van der Waals surface area contributed by atoms with Crippen LogP contribution in [0.3, 0.4) is 0 Å². The Kier molecular flexibility index (Phi) is 4.16. The highest BCUT2D eigenvalue weighted by atomic mass is 16.5. The first-order chi connectivity index (χ1) is 6.12. The fourth-order valence-electron chi connectivity index (χ4n) is 1.46. The standard InChI is InChI=1S/C10H20O3/c1-9(2)13-8-10(11)4-3-6-12-7-5-10/h9,11H,3-8H2,1-2H3. The molecule has 1 unspecified atom stereocenters. The lowest BCUT2D eigenvalue weighted by atomic mass is 9.96. The molecule has 1 atom stereocenters. The van der Waals surface area contributed by atoms with Gasteiger partial charge >= 0.3 is 0 Å². The second-order valence-electron chi connectivity index (χ2n) is 4.05. The van der Waals surface area contributed by atoms with Crippen LogP contribution in [0.1, 0.15) is 33.1 Å². The predicted octanol–water partition coefficient (Wildman–Crippen LogP) is 1.34. The van der Waals surface area contributed by atoms with E-state index in [9.17, 15) is 5.11 Å². The highest BCUT2D eigenvalue weighted by molar-refractivity contribution is 4.79. The van der Waals surface area contributed by atoms with Crippen molar-refractivity contribution in [3.05, 3.63) is 0 Å². The minimum atomic E-state index is -0.652. The molecule has 1 aliphatic rings. The molecular weight excluding hydrogens is 168 g/mol. The van der Waals surface area contributed by atoms with E-state index < -0.39 is 5.60 Å². The van der Waals surface area contributed by atoms with Crippen LogP contribution in [0.2, 0.25) is 0 Å². The summed E-state index contributed by atoms with van der Waals surface area (Å²) >= 11 is 0. The number of ether oxygens (including phenoxy) is 2. The van der Waals surface area contributed by atoms with Crippen molar-refractivity contribution < 1.29 is 14.6 Å². The molecule has 13 heavy (non-hydrogen) atoms. The summed E-state index contributed by atoms with van der Waals surface area (Å²) in [6, 6.07) is 0. The maximum absolute atomic E-state index is 10.1. The Balaban J connectivity index is 2.33. The van der Waals surface area contributed by atoms with E-state index in [-0.39, 0.29) is 6.10 Å². The monoisotopic (exact) mass is 188 g/mol.